The lowest BCUT2D eigenvalue weighted by atomic mass is 10.2. The Hall–Kier alpha value is -0.520. The largest absolute Gasteiger partial charge is 0.302 e. The lowest BCUT2D eigenvalue weighted by Crippen LogP contribution is -2.36. The van der Waals surface area contributed by atoms with Crippen molar-refractivity contribution >= 4 is 0 Å². The molecule has 0 spiro atoms. The fourth-order valence-electron chi connectivity index (χ4n) is 2.89. The van der Waals surface area contributed by atoms with Gasteiger partial charge in [0.15, 0.2) is 0 Å². The third-order valence-electron chi connectivity index (χ3n) is 3.68. The molecular formula is C13H22N2. The first kappa shape index (κ1) is 11.0. The topological polar surface area (TPSA) is 6.48 Å². The highest BCUT2D eigenvalue weighted by molar-refractivity contribution is 4.86. The second kappa shape index (κ2) is 5.53. The van der Waals surface area contributed by atoms with Crippen LogP contribution in [0.5, 0.6) is 0 Å². The molecule has 0 N–H and O–H groups in total. The smallest absolute Gasteiger partial charge is 0.0223 e. The van der Waals surface area contributed by atoms with Crippen molar-refractivity contribution in [1.29, 1.82) is 0 Å². The number of rotatable bonds is 3. The van der Waals surface area contributed by atoms with E-state index in [9.17, 15) is 0 Å². The van der Waals surface area contributed by atoms with Crippen molar-refractivity contribution in [3.63, 3.8) is 0 Å². The molecule has 2 rings (SSSR count). The summed E-state index contributed by atoms with van der Waals surface area (Å²) in [6, 6.07) is 0.846. The zero-order valence-electron chi connectivity index (χ0n) is 9.62. The fraction of sp³-hybridized carbons (Fsp3) is 0.846. The van der Waals surface area contributed by atoms with E-state index >= 15 is 0 Å². The van der Waals surface area contributed by atoms with E-state index in [1.807, 2.05) is 0 Å². The molecule has 2 heteroatoms. The van der Waals surface area contributed by atoms with E-state index in [2.05, 4.69) is 15.7 Å². The van der Waals surface area contributed by atoms with Crippen LogP contribution >= 0.6 is 0 Å². The van der Waals surface area contributed by atoms with Gasteiger partial charge in [-0.2, -0.15) is 0 Å². The van der Waals surface area contributed by atoms with Crippen LogP contribution < -0.4 is 0 Å². The molecule has 0 aromatic carbocycles. The summed E-state index contributed by atoms with van der Waals surface area (Å²) in [4.78, 5) is 5.30. The first-order valence-electron chi connectivity index (χ1n) is 6.30. The molecule has 2 aliphatic rings. The normalized spacial score (nSPS) is 28.3. The molecule has 2 heterocycles. The van der Waals surface area contributed by atoms with Gasteiger partial charge in [-0.15, -0.1) is 12.3 Å². The van der Waals surface area contributed by atoms with E-state index in [0.29, 0.717) is 0 Å². The quantitative estimate of drug-likeness (QED) is 0.511. The Morgan fingerprint density at radius 3 is 2.93 bits per heavy atom. The van der Waals surface area contributed by atoms with Gasteiger partial charge in [0.05, 0.1) is 0 Å². The molecule has 2 nitrogen and oxygen atoms in total. The zero-order valence-corrected chi connectivity index (χ0v) is 9.62. The number of terminal acetylenes is 1. The molecule has 0 aromatic rings. The van der Waals surface area contributed by atoms with Gasteiger partial charge in [-0.3, -0.25) is 4.90 Å². The van der Waals surface area contributed by atoms with E-state index < -0.39 is 0 Å². The van der Waals surface area contributed by atoms with Crippen LogP contribution in [0.1, 0.15) is 32.1 Å². The van der Waals surface area contributed by atoms with Crippen LogP contribution in [0.2, 0.25) is 0 Å². The van der Waals surface area contributed by atoms with Crippen LogP contribution in [-0.2, 0) is 0 Å². The van der Waals surface area contributed by atoms with Gasteiger partial charge < -0.3 is 4.90 Å². The van der Waals surface area contributed by atoms with Crippen molar-refractivity contribution in [3.8, 4) is 12.3 Å². The van der Waals surface area contributed by atoms with E-state index in [0.717, 1.165) is 12.5 Å². The molecule has 1 atom stereocenters. The Balaban J connectivity index is 1.78. The predicted molar refractivity (Wildman–Crippen MR) is 63.7 cm³/mol. The molecule has 2 aliphatic heterocycles. The molecular weight excluding hydrogens is 184 g/mol. The Morgan fingerprint density at radius 1 is 1.20 bits per heavy atom. The minimum atomic E-state index is 0.846. The fourth-order valence-corrected chi connectivity index (χ4v) is 2.89. The average molecular weight is 206 g/mol. The number of hydrogen-bond acceptors (Lipinski definition) is 2. The Kier molecular flexibility index (Phi) is 4.05. The van der Waals surface area contributed by atoms with Gasteiger partial charge in [-0.25, -0.2) is 0 Å². The summed E-state index contributed by atoms with van der Waals surface area (Å²) in [7, 11) is 0. The molecule has 84 valence electrons. The number of unbranched alkanes of at least 4 members (excludes halogenated alkanes) is 1. The van der Waals surface area contributed by atoms with E-state index in [4.69, 9.17) is 6.42 Å². The molecule has 0 amide bonds. The van der Waals surface area contributed by atoms with Crippen molar-refractivity contribution in [2.24, 2.45) is 0 Å². The summed E-state index contributed by atoms with van der Waals surface area (Å²) >= 11 is 0. The first-order valence-corrected chi connectivity index (χ1v) is 6.30. The van der Waals surface area contributed by atoms with Crippen molar-refractivity contribution in [3.05, 3.63) is 0 Å². The van der Waals surface area contributed by atoms with Crippen LogP contribution in [0, 0.1) is 12.3 Å². The van der Waals surface area contributed by atoms with Crippen LogP contribution in [-0.4, -0.2) is 48.6 Å². The SMILES string of the molecule is C#CCCCN1CCCN2CCCC2C1. The van der Waals surface area contributed by atoms with Crippen molar-refractivity contribution in [1.82, 2.24) is 9.80 Å². The minimum absolute atomic E-state index is 0.846. The molecule has 2 saturated heterocycles. The van der Waals surface area contributed by atoms with E-state index in [-0.39, 0.29) is 0 Å². The number of hydrogen-bond donors (Lipinski definition) is 0. The molecule has 0 aromatic heterocycles. The first-order chi connectivity index (χ1) is 7.40. The van der Waals surface area contributed by atoms with Crippen LogP contribution in [0.25, 0.3) is 0 Å². The molecule has 0 aliphatic carbocycles. The van der Waals surface area contributed by atoms with Gasteiger partial charge >= 0.3 is 0 Å². The summed E-state index contributed by atoms with van der Waals surface area (Å²) in [5, 5.41) is 0. The standard InChI is InChI=1S/C13H22N2/c1-2-3-4-8-14-9-6-11-15-10-5-7-13(15)12-14/h1,13H,3-12H2. The molecule has 0 radical (unpaired) electrons. The summed E-state index contributed by atoms with van der Waals surface area (Å²) in [5.74, 6) is 2.73. The summed E-state index contributed by atoms with van der Waals surface area (Å²) in [5.41, 5.74) is 0. The average Bonchev–Trinajstić information content (AvgIpc) is 2.58. The van der Waals surface area contributed by atoms with Crippen molar-refractivity contribution in [2.45, 2.75) is 38.1 Å². The molecule has 0 bridgehead atoms. The van der Waals surface area contributed by atoms with Crippen molar-refractivity contribution < 1.29 is 0 Å². The Bertz CT molecular complexity index is 231. The number of nitrogens with zero attached hydrogens (tertiary/aromatic N) is 2. The summed E-state index contributed by atoms with van der Waals surface area (Å²) < 4.78 is 0. The minimum Gasteiger partial charge on any atom is -0.302 e. The molecule has 15 heavy (non-hydrogen) atoms. The highest BCUT2D eigenvalue weighted by Gasteiger charge is 2.28. The Labute approximate surface area is 93.6 Å². The van der Waals surface area contributed by atoms with Crippen LogP contribution in [0.3, 0.4) is 0 Å². The van der Waals surface area contributed by atoms with Gasteiger partial charge in [0.2, 0.25) is 0 Å². The highest BCUT2D eigenvalue weighted by Crippen LogP contribution is 2.21. The third kappa shape index (κ3) is 2.96. The second-order valence-corrected chi connectivity index (χ2v) is 4.79. The molecule has 2 fully saturated rings. The number of fused-ring (bicyclic) bond motifs is 1. The third-order valence-corrected chi connectivity index (χ3v) is 3.68. The second-order valence-electron chi connectivity index (χ2n) is 4.79. The summed E-state index contributed by atoms with van der Waals surface area (Å²) in [6.45, 7) is 6.41. The molecule has 0 saturated carbocycles. The summed E-state index contributed by atoms with van der Waals surface area (Å²) in [6.07, 6.45) is 11.5. The van der Waals surface area contributed by atoms with Gasteiger partial charge in [-0.1, -0.05) is 0 Å². The van der Waals surface area contributed by atoms with Crippen LogP contribution in [0.15, 0.2) is 0 Å². The van der Waals surface area contributed by atoms with Gasteiger partial charge in [0.1, 0.15) is 0 Å². The molecule has 1 unspecified atom stereocenters. The lowest BCUT2D eigenvalue weighted by Gasteiger charge is -2.25. The predicted octanol–water partition coefficient (Wildman–Crippen LogP) is 1.57. The van der Waals surface area contributed by atoms with E-state index in [1.165, 1.54) is 58.4 Å². The monoisotopic (exact) mass is 206 g/mol. The zero-order chi connectivity index (χ0) is 10.5. The van der Waals surface area contributed by atoms with Gasteiger partial charge in [0.25, 0.3) is 0 Å². The highest BCUT2D eigenvalue weighted by atomic mass is 15.3. The van der Waals surface area contributed by atoms with E-state index in [1.54, 1.807) is 0 Å². The maximum atomic E-state index is 5.28. The van der Waals surface area contributed by atoms with Gasteiger partial charge in [-0.05, 0) is 51.9 Å². The van der Waals surface area contributed by atoms with Crippen LogP contribution in [0.4, 0.5) is 0 Å². The lowest BCUT2D eigenvalue weighted by molar-refractivity contribution is 0.219. The maximum Gasteiger partial charge on any atom is 0.0223 e. The maximum absolute atomic E-state index is 5.28. The Morgan fingerprint density at radius 2 is 2.07 bits per heavy atom. The van der Waals surface area contributed by atoms with Crippen molar-refractivity contribution in [2.75, 3.05) is 32.7 Å². The van der Waals surface area contributed by atoms with Gasteiger partial charge in [0, 0.05) is 19.0 Å².